The first kappa shape index (κ1) is 18.2. The lowest BCUT2D eigenvalue weighted by atomic mass is 9.99. The van der Waals surface area contributed by atoms with Gasteiger partial charge in [0.25, 0.3) is 0 Å². The molecule has 0 nitrogen and oxygen atoms in total. The van der Waals surface area contributed by atoms with Gasteiger partial charge in [-0.2, -0.15) is 0 Å². The summed E-state index contributed by atoms with van der Waals surface area (Å²) in [6, 6.07) is 23.8. The van der Waals surface area contributed by atoms with Gasteiger partial charge < -0.3 is 0 Å². The quantitative estimate of drug-likeness (QED) is 0.383. The number of hydrogen-bond donors (Lipinski definition) is 0. The van der Waals surface area contributed by atoms with Crippen molar-refractivity contribution in [1.82, 2.24) is 0 Å². The minimum Gasteiger partial charge on any atom is -0.122 e. The van der Waals surface area contributed by atoms with E-state index in [1.165, 1.54) is 0 Å². The van der Waals surface area contributed by atoms with Crippen molar-refractivity contribution in [3.8, 4) is 23.7 Å². The summed E-state index contributed by atoms with van der Waals surface area (Å²) in [5.74, 6) is 13.6. The van der Waals surface area contributed by atoms with Crippen LogP contribution in [0.4, 0.5) is 0 Å². The third-order valence-corrected chi connectivity index (χ3v) is 4.42. The van der Waals surface area contributed by atoms with Gasteiger partial charge in [-0.3, -0.25) is 0 Å². The van der Waals surface area contributed by atoms with E-state index in [0.717, 1.165) is 33.4 Å². The van der Waals surface area contributed by atoms with Crippen LogP contribution >= 0.6 is 23.2 Å². The van der Waals surface area contributed by atoms with Gasteiger partial charge in [0.2, 0.25) is 0 Å². The van der Waals surface area contributed by atoms with Crippen LogP contribution in [0.25, 0.3) is 0 Å². The number of rotatable bonds is 2. The molecule has 0 bridgehead atoms. The molecule has 0 N–H and O–H groups in total. The molecule has 126 valence electrons. The number of hydrogen-bond acceptors (Lipinski definition) is 0. The van der Waals surface area contributed by atoms with Crippen LogP contribution in [0.3, 0.4) is 0 Å². The summed E-state index contributed by atoms with van der Waals surface area (Å²) in [6.07, 6.45) is 0. The molecule has 3 aromatic rings. The van der Waals surface area contributed by atoms with Crippen molar-refractivity contribution in [3.63, 3.8) is 0 Å². The normalized spacial score (nSPS) is 9.62. The first-order valence-electron chi connectivity index (χ1n) is 8.22. The van der Waals surface area contributed by atoms with Gasteiger partial charge in [-0.15, -0.1) is 23.2 Å². The van der Waals surface area contributed by atoms with Gasteiger partial charge in [0.15, 0.2) is 0 Å². The van der Waals surface area contributed by atoms with Crippen molar-refractivity contribution in [2.24, 2.45) is 0 Å². The van der Waals surface area contributed by atoms with Crippen molar-refractivity contribution in [1.29, 1.82) is 0 Å². The highest BCUT2D eigenvalue weighted by atomic mass is 35.5. The fourth-order valence-corrected chi connectivity index (χ4v) is 2.91. The van der Waals surface area contributed by atoms with Crippen molar-refractivity contribution >= 4 is 23.2 Å². The highest BCUT2D eigenvalue weighted by Gasteiger charge is 2.06. The molecule has 0 heterocycles. The molecule has 0 fully saturated rings. The van der Waals surface area contributed by atoms with Crippen LogP contribution < -0.4 is 0 Å². The molecular formula is C24H16Cl2. The lowest BCUT2D eigenvalue weighted by Gasteiger charge is -2.07. The number of halogens is 2. The van der Waals surface area contributed by atoms with Crippen LogP contribution in [0.1, 0.15) is 33.4 Å². The smallest absolute Gasteiger partial charge is 0.0486 e. The zero-order chi connectivity index (χ0) is 18.2. The van der Waals surface area contributed by atoms with Crippen molar-refractivity contribution in [3.05, 3.63) is 106 Å². The highest BCUT2D eigenvalue weighted by molar-refractivity contribution is 6.18. The van der Waals surface area contributed by atoms with Crippen LogP contribution in [0, 0.1) is 23.7 Å². The fraction of sp³-hybridized carbons (Fsp3) is 0.0833. The average Bonchev–Trinajstić information content (AvgIpc) is 2.72. The molecule has 3 rings (SSSR count). The van der Waals surface area contributed by atoms with Gasteiger partial charge in [0.05, 0.1) is 0 Å². The van der Waals surface area contributed by atoms with Gasteiger partial charge in [-0.25, -0.2) is 0 Å². The van der Waals surface area contributed by atoms with Crippen LogP contribution in [0.5, 0.6) is 0 Å². The summed E-state index contributed by atoms with van der Waals surface area (Å²) in [5, 5.41) is 0. The van der Waals surface area contributed by atoms with E-state index < -0.39 is 0 Å². The number of benzene rings is 3. The molecule has 0 atom stereocenters. The van der Waals surface area contributed by atoms with Crippen LogP contribution in [0.15, 0.2) is 72.8 Å². The van der Waals surface area contributed by atoms with E-state index in [2.05, 4.69) is 23.7 Å². The standard InChI is InChI=1S/C24H16Cl2/c25-17-23-16-24(18-26)22(14-12-20-9-5-2-6-10-20)15-21(23)13-11-19-7-3-1-4-8-19/h1-10,15-16H,17-18H2. The Kier molecular flexibility index (Phi) is 6.40. The third kappa shape index (κ3) is 4.71. The zero-order valence-electron chi connectivity index (χ0n) is 14.1. The molecule has 26 heavy (non-hydrogen) atoms. The maximum atomic E-state index is 6.12. The Balaban J connectivity index is 2.02. The molecular weight excluding hydrogens is 359 g/mol. The average molecular weight is 375 g/mol. The molecule has 2 heteroatoms. The van der Waals surface area contributed by atoms with Gasteiger partial charge in [-0.1, -0.05) is 66.1 Å². The van der Waals surface area contributed by atoms with Crippen LogP contribution in [-0.2, 0) is 11.8 Å². The minimum atomic E-state index is 0.384. The Morgan fingerprint density at radius 1 is 0.538 bits per heavy atom. The topological polar surface area (TPSA) is 0 Å². The van der Waals surface area contributed by atoms with E-state index in [4.69, 9.17) is 23.2 Å². The molecule has 0 aliphatic rings. The van der Waals surface area contributed by atoms with E-state index in [9.17, 15) is 0 Å². The zero-order valence-corrected chi connectivity index (χ0v) is 15.6. The Labute approximate surface area is 164 Å². The molecule has 0 saturated carbocycles. The molecule has 0 radical (unpaired) electrons. The molecule has 0 unspecified atom stereocenters. The molecule has 0 spiro atoms. The van der Waals surface area contributed by atoms with Gasteiger partial charge in [0.1, 0.15) is 0 Å². The first-order valence-corrected chi connectivity index (χ1v) is 9.29. The summed E-state index contributed by atoms with van der Waals surface area (Å²) < 4.78 is 0. The van der Waals surface area contributed by atoms with E-state index in [1.54, 1.807) is 0 Å². The summed E-state index contributed by atoms with van der Waals surface area (Å²) in [7, 11) is 0. The second kappa shape index (κ2) is 9.17. The Morgan fingerprint density at radius 2 is 0.962 bits per heavy atom. The van der Waals surface area contributed by atoms with Crippen LogP contribution in [0.2, 0.25) is 0 Å². The summed E-state index contributed by atoms with van der Waals surface area (Å²) in [5.41, 5.74) is 5.63. The fourth-order valence-electron chi connectivity index (χ4n) is 2.47. The predicted molar refractivity (Wildman–Crippen MR) is 110 cm³/mol. The Bertz CT molecular complexity index is 918. The second-order valence-corrected chi connectivity index (χ2v) is 6.20. The van der Waals surface area contributed by atoms with Gasteiger partial charge in [0, 0.05) is 34.0 Å². The maximum Gasteiger partial charge on any atom is 0.0486 e. The van der Waals surface area contributed by atoms with Crippen molar-refractivity contribution in [2.45, 2.75) is 11.8 Å². The van der Waals surface area contributed by atoms with E-state index in [-0.39, 0.29) is 0 Å². The van der Waals surface area contributed by atoms with Gasteiger partial charge in [-0.05, 0) is 41.5 Å². The number of alkyl halides is 2. The monoisotopic (exact) mass is 374 g/mol. The molecule has 0 aliphatic carbocycles. The van der Waals surface area contributed by atoms with E-state index in [1.807, 2.05) is 72.8 Å². The SMILES string of the molecule is ClCc1cc(CCl)c(C#Cc2ccccc2)cc1C#Cc1ccccc1. The lowest BCUT2D eigenvalue weighted by Crippen LogP contribution is -1.94. The molecule has 3 aromatic carbocycles. The predicted octanol–water partition coefficient (Wildman–Crippen LogP) is 5.96. The second-order valence-electron chi connectivity index (χ2n) is 5.67. The summed E-state index contributed by atoms with van der Waals surface area (Å²) in [4.78, 5) is 0. The van der Waals surface area contributed by atoms with Crippen molar-refractivity contribution in [2.75, 3.05) is 0 Å². The molecule has 0 aliphatic heterocycles. The maximum absolute atomic E-state index is 6.12. The first-order chi connectivity index (χ1) is 12.8. The minimum absolute atomic E-state index is 0.384. The Hall–Kier alpha value is -2.64. The van der Waals surface area contributed by atoms with Gasteiger partial charge >= 0.3 is 0 Å². The van der Waals surface area contributed by atoms with E-state index in [0.29, 0.717) is 11.8 Å². The largest absolute Gasteiger partial charge is 0.122 e. The molecule has 0 aromatic heterocycles. The summed E-state index contributed by atoms with van der Waals surface area (Å²) >= 11 is 12.2. The molecule has 0 saturated heterocycles. The lowest BCUT2D eigenvalue weighted by molar-refractivity contribution is 1.28. The molecule has 0 amide bonds. The highest BCUT2D eigenvalue weighted by Crippen LogP contribution is 2.20. The van der Waals surface area contributed by atoms with E-state index >= 15 is 0 Å². The van der Waals surface area contributed by atoms with Crippen molar-refractivity contribution < 1.29 is 0 Å². The third-order valence-electron chi connectivity index (χ3n) is 3.85. The Morgan fingerprint density at radius 3 is 1.35 bits per heavy atom. The van der Waals surface area contributed by atoms with Crippen LogP contribution in [-0.4, -0.2) is 0 Å². The summed E-state index contributed by atoms with van der Waals surface area (Å²) in [6.45, 7) is 0.